The molecule has 0 bridgehead atoms. The van der Waals surface area contributed by atoms with Gasteiger partial charge >= 0.3 is 11.9 Å². The number of ether oxygens (including phenoxy) is 1. The van der Waals surface area contributed by atoms with Gasteiger partial charge in [-0.1, -0.05) is 65.8 Å². The molecule has 0 fully saturated rings. The molecule has 1 heterocycles. The number of aliphatic carboxylic acids is 2. The highest BCUT2D eigenvalue weighted by Gasteiger charge is 2.39. The molecule has 2 amide bonds. The summed E-state index contributed by atoms with van der Waals surface area (Å²) in [5.74, 6) is -3.76. The second-order valence-corrected chi connectivity index (χ2v) is 10.2. The maximum atomic E-state index is 13.2. The van der Waals surface area contributed by atoms with Crippen LogP contribution in [0.25, 0.3) is 0 Å². The number of fused-ring (bicyclic) bond motifs is 2. The molecule has 0 radical (unpaired) electrons. The summed E-state index contributed by atoms with van der Waals surface area (Å²) in [4.78, 5) is 49.6. The van der Waals surface area contributed by atoms with Gasteiger partial charge in [0.15, 0.2) is 0 Å². The first-order chi connectivity index (χ1) is 16.8. The van der Waals surface area contributed by atoms with Crippen molar-refractivity contribution in [1.29, 1.82) is 0 Å². The lowest BCUT2D eigenvalue weighted by atomic mass is 9.74. The van der Waals surface area contributed by atoms with Crippen molar-refractivity contribution in [2.75, 3.05) is 0 Å². The number of rotatable bonds is 8. The number of nitrogens with one attached hydrogen (secondary N) is 2. The molecule has 0 aliphatic carbocycles. The Kier molecular flexibility index (Phi) is 7.43. The van der Waals surface area contributed by atoms with E-state index in [9.17, 15) is 29.4 Å². The zero-order chi connectivity index (χ0) is 26.9. The van der Waals surface area contributed by atoms with Crippen LogP contribution in [0.2, 0.25) is 0 Å². The number of benzene rings is 2. The Hall–Kier alpha value is -3.88. The summed E-state index contributed by atoms with van der Waals surface area (Å²) in [6, 6.07) is 7.92. The molecule has 2 atom stereocenters. The number of carboxylic acids is 2. The molecule has 0 saturated heterocycles. The average Bonchev–Trinajstić information content (AvgIpc) is 2.79. The SMILES string of the molecule is CC(C)[C@H](NC(=O)c1cccc2c1Oc1c(C(=O)N[C@H](C(=O)O)C(C)C)cccc1C2(C)C)C(=O)O. The van der Waals surface area contributed by atoms with Crippen LogP contribution in [-0.4, -0.2) is 46.0 Å². The molecule has 9 nitrogen and oxygen atoms in total. The predicted octanol–water partition coefficient (Wildman–Crippen LogP) is 3.80. The molecule has 2 aromatic carbocycles. The van der Waals surface area contributed by atoms with E-state index in [4.69, 9.17) is 4.74 Å². The molecular weight excluding hydrogens is 464 g/mol. The average molecular weight is 497 g/mol. The number of amides is 2. The highest BCUT2D eigenvalue weighted by atomic mass is 16.5. The van der Waals surface area contributed by atoms with Gasteiger partial charge in [-0.2, -0.15) is 0 Å². The van der Waals surface area contributed by atoms with Gasteiger partial charge in [-0.3, -0.25) is 9.59 Å². The van der Waals surface area contributed by atoms with Crippen molar-refractivity contribution in [1.82, 2.24) is 10.6 Å². The van der Waals surface area contributed by atoms with E-state index in [-0.39, 0.29) is 34.5 Å². The van der Waals surface area contributed by atoms with E-state index in [0.29, 0.717) is 11.1 Å². The third-order valence-corrected chi connectivity index (χ3v) is 6.51. The van der Waals surface area contributed by atoms with Crippen molar-refractivity contribution in [3.05, 3.63) is 58.7 Å². The summed E-state index contributed by atoms with van der Waals surface area (Å²) in [6.45, 7) is 10.6. The number of carbonyl (C=O) groups is 4. The van der Waals surface area contributed by atoms with Crippen LogP contribution >= 0.6 is 0 Å². The number of para-hydroxylation sites is 2. The monoisotopic (exact) mass is 496 g/mol. The highest BCUT2D eigenvalue weighted by molar-refractivity contribution is 6.02. The Bertz CT molecular complexity index is 1130. The van der Waals surface area contributed by atoms with E-state index < -0.39 is 41.3 Å². The summed E-state index contributed by atoms with van der Waals surface area (Å²) in [6.07, 6.45) is 0. The van der Waals surface area contributed by atoms with Crippen LogP contribution in [0.15, 0.2) is 36.4 Å². The Morgan fingerprint density at radius 2 is 1.08 bits per heavy atom. The van der Waals surface area contributed by atoms with Gasteiger partial charge in [-0.25, -0.2) is 9.59 Å². The number of hydrogen-bond donors (Lipinski definition) is 4. The first-order valence-electron chi connectivity index (χ1n) is 11.8. The normalized spacial score (nSPS) is 15.2. The topological polar surface area (TPSA) is 142 Å². The third kappa shape index (κ3) is 4.91. The zero-order valence-corrected chi connectivity index (χ0v) is 21.2. The van der Waals surface area contributed by atoms with Gasteiger partial charge in [0.2, 0.25) is 0 Å². The molecule has 0 saturated carbocycles. The lowest BCUT2D eigenvalue weighted by Gasteiger charge is -2.36. The molecule has 0 aromatic heterocycles. The van der Waals surface area contributed by atoms with Gasteiger partial charge in [0, 0.05) is 16.5 Å². The summed E-state index contributed by atoms with van der Waals surface area (Å²) >= 11 is 0. The molecule has 9 heteroatoms. The van der Waals surface area contributed by atoms with Gasteiger partial charge < -0.3 is 25.6 Å². The molecule has 36 heavy (non-hydrogen) atoms. The lowest BCUT2D eigenvalue weighted by molar-refractivity contribution is -0.141. The number of carbonyl (C=O) groups excluding carboxylic acids is 2. The lowest BCUT2D eigenvalue weighted by Crippen LogP contribution is -2.45. The minimum absolute atomic E-state index is 0.138. The van der Waals surface area contributed by atoms with Crippen molar-refractivity contribution in [3.63, 3.8) is 0 Å². The second kappa shape index (κ2) is 10.0. The van der Waals surface area contributed by atoms with Crippen molar-refractivity contribution in [3.8, 4) is 11.5 Å². The fraction of sp³-hybridized carbons (Fsp3) is 0.407. The Morgan fingerprint density at radius 1 is 0.722 bits per heavy atom. The Balaban J connectivity index is 2.07. The third-order valence-electron chi connectivity index (χ3n) is 6.51. The van der Waals surface area contributed by atoms with Crippen LogP contribution in [-0.2, 0) is 15.0 Å². The van der Waals surface area contributed by atoms with Crippen LogP contribution in [0, 0.1) is 11.8 Å². The van der Waals surface area contributed by atoms with Gasteiger partial charge in [0.1, 0.15) is 23.6 Å². The zero-order valence-electron chi connectivity index (χ0n) is 21.2. The molecule has 3 rings (SSSR count). The minimum Gasteiger partial charge on any atom is -0.480 e. The molecule has 2 aromatic rings. The molecule has 4 N–H and O–H groups in total. The van der Waals surface area contributed by atoms with E-state index in [1.165, 1.54) is 12.1 Å². The summed E-state index contributed by atoms with van der Waals surface area (Å²) in [5.41, 5.74) is 0.992. The molecule has 1 aliphatic rings. The standard InChI is InChI=1S/C27H32N2O7/c1-13(2)19(25(32)33)28-23(30)15-9-7-11-17-21(15)36-22-16(10-8-12-18(22)27(17,5)6)24(31)29-20(14(3)4)26(34)35/h7-14,19-20H,1-6H3,(H,28,30)(H,29,31)(H,32,33)(H,34,35)/t19-,20-/m0/s1. The van der Waals surface area contributed by atoms with Crippen LogP contribution in [0.4, 0.5) is 0 Å². The number of carboxylic acid groups (broad SMARTS) is 2. The largest absolute Gasteiger partial charge is 0.480 e. The predicted molar refractivity (Wildman–Crippen MR) is 133 cm³/mol. The summed E-state index contributed by atoms with van der Waals surface area (Å²) < 4.78 is 6.21. The van der Waals surface area contributed by atoms with Gasteiger partial charge in [-0.15, -0.1) is 0 Å². The van der Waals surface area contributed by atoms with E-state index in [1.807, 2.05) is 26.0 Å². The highest BCUT2D eigenvalue weighted by Crippen LogP contribution is 2.50. The summed E-state index contributed by atoms with van der Waals surface area (Å²) in [5, 5.41) is 24.1. The van der Waals surface area contributed by atoms with Crippen molar-refractivity contribution >= 4 is 23.8 Å². The van der Waals surface area contributed by atoms with Gasteiger partial charge in [0.25, 0.3) is 11.8 Å². The fourth-order valence-corrected chi connectivity index (χ4v) is 4.35. The van der Waals surface area contributed by atoms with Crippen LogP contribution < -0.4 is 15.4 Å². The Morgan fingerprint density at radius 3 is 1.39 bits per heavy atom. The van der Waals surface area contributed by atoms with E-state index in [2.05, 4.69) is 10.6 Å². The van der Waals surface area contributed by atoms with Crippen LogP contribution in [0.5, 0.6) is 11.5 Å². The van der Waals surface area contributed by atoms with Crippen molar-refractivity contribution in [2.24, 2.45) is 11.8 Å². The smallest absolute Gasteiger partial charge is 0.326 e. The molecule has 0 spiro atoms. The molecule has 1 aliphatic heterocycles. The first-order valence-corrected chi connectivity index (χ1v) is 11.8. The van der Waals surface area contributed by atoms with Gasteiger partial charge in [0.05, 0.1) is 11.1 Å². The maximum absolute atomic E-state index is 13.2. The van der Waals surface area contributed by atoms with E-state index >= 15 is 0 Å². The van der Waals surface area contributed by atoms with Crippen molar-refractivity contribution in [2.45, 2.75) is 59.0 Å². The van der Waals surface area contributed by atoms with Crippen LogP contribution in [0.1, 0.15) is 73.4 Å². The summed E-state index contributed by atoms with van der Waals surface area (Å²) in [7, 11) is 0. The molecule has 192 valence electrons. The Labute approximate surface area is 209 Å². The van der Waals surface area contributed by atoms with E-state index in [0.717, 1.165) is 0 Å². The van der Waals surface area contributed by atoms with Crippen LogP contribution in [0.3, 0.4) is 0 Å². The maximum Gasteiger partial charge on any atom is 0.326 e. The quantitative estimate of drug-likeness (QED) is 0.435. The molecule has 0 unspecified atom stereocenters. The number of hydrogen-bond acceptors (Lipinski definition) is 5. The van der Waals surface area contributed by atoms with E-state index in [1.54, 1.807) is 39.8 Å². The van der Waals surface area contributed by atoms with Crippen molar-refractivity contribution < 1.29 is 34.1 Å². The second-order valence-electron chi connectivity index (χ2n) is 10.2. The minimum atomic E-state index is -1.15. The first kappa shape index (κ1) is 26.7. The molecular formula is C27H32N2O7. The fourth-order valence-electron chi connectivity index (χ4n) is 4.35. The van der Waals surface area contributed by atoms with Gasteiger partial charge in [-0.05, 0) is 24.0 Å².